The van der Waals surface area contributed by atoms with E-state index in [1.165, 1.54) is 64.2 Å². The van der Waals surface area contributed by atoms with Crippen molar-refractivity contribution in [2.24, 2.45) is 40.4 Å². The highest BCUT2D eigenvalue weighted by Gasteiger charge is 2.59. The molecule has 0 saturated heterocycles. The van der Waals surface area contributed by atoms with E-state index in [0.29, 0.717) is 23.2 Å². The first-order chi connectivity index (χ1) is 15.1. The third-order valence-corrected chi connectivity index (χ3v) is 10.6. The Morgan fingerprint density at radius 3 is 2.19 bits per heavy atom. The summed E-state index contributed by atoms with van der Waals surface area (Å²) in [6.07, 6.45) is 15.4. The normalized spacial score (nSPS) is 41.6. The first-order valence-electron chi connectivity index (χ1n) is 13.8. The van der Waals surface area contributed by atoms with E-state index < -0.39 is 16.5 Å². The molecule has 4 aliphatic carbocycles. The Morgan fingerprint density at radius 1 is 0.875 bits per heavy atom. The van der Waals surface area contributed by atoms with Crippen molar-refractivity contribution in [1.29, 1.82) is 0 Å². The van der Waals surface area contributed by atoms with E-state index in [1.54, 1.807) is 6.92 Å². The van der Waals surface area contributed by atoms with Crippen molar-refractivity contribution in [2.45, 2.75) is 132 Å². The lowest BCUT2D eigenvalue weighted by atomic mass is 9.45. The largest absolute Gasteiger partial charge is 0.397 e. The van der Waals surface area contributed by atoms with Crippen LogP contribution < -0.4 is 0 Å². The van der Waals surface area contributed by atoms with E-state index in [0.717, 1.165) is 30.1 Å². The van der Waals surface area contributed by atoms with Gasteiger partial charge in [-0.15, -0.1) is 0 Å². The Labute approximate surface area is 199 Å². The van der Waals surface area contributed by atoms with E-state index in [2.05, 4.69) is 13.8 Å². The van der Waals surface area contributed by atoms with Crippen LogP contribution in [0, 0.1) is 40.4 Å². The predicted octanol–water partition coefficient (Wildman–Crippen LogP) is 8.08. The monoisotopic (exact) mass is 472 g/mol. The summed E-state index contributed by atoms with van der Waals surface area (Å²) in [7, 11) is -4.34. The molecule has 0 bridgehead atoms. The highest BCUT2D eigenvalue weighted by Crippen LogP contribution is 2.67. The molecular formula is C27H52O4S. The van der Waals surface area contributed by atoms with E-state index in [1.807, 2.05) is 27.7 Å². The van der Waals surface area contributed by atoms with E-state index in [4.69, 9.17) is 8.74 Å². The Morgan fingerprint density at radius 2 is 1.53 bits per heavy atom. The Bertz CT molecular complexity index is 677. The molecule has 0 amide bonds. The number of rotatable bonds is 5. The molecule has 8 atom stereocenters. The minimum atomic E-state index is -4.34. The summed E-state index contributed by atoms with van der Waals surface area (Å²) >= 11 is 0. The summed E-state index contributed by atoms with van der Waals surface area (Å²) in [4.78, 5) is 0. The molecule has 4 fully saturated rings. The number of hydrogen-bond donors (Lipinski definition) is 1. The highest BCUT2D eigenvalue weighted by molar-refractivity contribution is 7.80. The van der Waals surface area contributed by atoms with Crippen molar-refractivity contribution < 1.29 is 17.2 Å². The standard InChI is InChI=1S/C23H40O4S.2C2H6/c1-16(27-28(24,25)26)7-8-18-10-12-20-19-11-9-17-6-4-5-14-22(17,2)21(19)13-15-23(18,20)3;2*1-2/h16-21H,4-15H2,1-3H3,(H,24,25,26);2*1-2H3. The minimum absolute atomic E-state index is 0.414. The molecule has 4 nitrogen and oxygen atoms in total. The molecule has 190 valence electrons. The fourth-order valence-electron chi connectivity index (χ4n) is 8.57. The van der Waals surface area contributed by atoms with Crippen LogP contribution in [0.3, 0.4) is 0 Å². The van der Waals surface area contributed by atoms with Crippen molar-refractivity contribution in [3.8, 4) is 0 Å². The van der Waals surface area contributed by atoms with Gasteiger partial charge in [0.05, 0.1) is 6.10 Å². The molecule has 0 aromatic heterocycles. The molecule has 0 radical (unpaired) electrons. The quantitative estimate of drug-likeness (QED) is 0.411. The van der Waals surface area contributed by atoms with Crippen molar-refractivity contribution >= 4 is 10.4 Å². The van der Waals surface area contributed by atoms with Crippen LogP contribution in [0.5, 0.6) is 0 Å². The maximum absolute atomic E-state index is 11.0. The molecule has 4 saturated carbocycles. The zero-order valence-corrected chi connectivity index (χ0v) is 22.8. The number of fused-ring (bicyclic) bond motifs is 5. The fourth-order valence-corrected chi connectivity index (χ4v) is 9.08. The third kappa shape index (κ3) is 5.74. The minimum Gasteiger partial charge on any atom is -0.264 e. The summed E-state index contributed by atoms with van der Waals surface area (Å²) in [6, 6.07) is 0. The van der Waals surface area contributed by atoms with Crippen LogP contribution >= 0.6 is 0 Å². The Balaban J connectivity index is 0.000000860. The number of hydrogen-bond acceptors (Lipinski definition) is 3. The molecule has 0 heterocycles. The van der Waals surface area contributed by atoms with Crippen LogP contribution in [0.1, 0.15) is 126 Å². The van der Waals surface area contributed by atoms with Gasteiger partial charge in [-0.1, -0.05) is 54.4 Å². The van der Waals surface area contributed by atoms with Gasteiger partial charge < -0.3 is 0 Å². The van der Waals surface area contributed by atoms with Crippen LogP contribution in [0.2, 0.25) is 0 Å². The second-order valence-electron chi connectivity index (χ2n) is 11.1. The lowest BCUT2D eigenvalue weighted by Crippen LogP contribution is -2.52. The van der Waals surface area contributed by atoms with Gasteiger partial charge in [0.25, 0.3) is 0 Å². The van der Waals surface area contributed by atoms with Gasteiger partial charge in [0.15, 0.2) is 0 Å². The molecule has 4 aliphatic rings. The first-order valence-corrected chi connectivity index (χ1v) is 15.2. The summed E-state index contributed by atoms with van der Waals surface area (Å²) in [5.41, 5.74) is 1.01. The maximum atomic E-state index is 11.0. The van der Waals surface area contributed by atoms with Gasteiger partial charge in [-0.05, 0) is 112 Å². The van der Waals surface area contributed by atoms with Crippen LogP contribution in [-0.4, -0.2) is 19.1 Å². The first kappa shape index (κ1) is 28.1. The van der Waals surface area contributed by atoms with Crippen LogP contribution in [0.4, 0.5) is 0 Å². The second kappa shape index (κ2) is 11.5. The van der Waals surface area contributed by atoms with E-state index in [9.17, 15) is 8.42 Å². The molecule has 0 aromatic carbocycles. The maximum Gasteiger partial charge on any atom is 0.397 e. The van der Waals surface area contributed by atoms with Gasteiger partial charge in [0, 0.05) is 0 Å². The van der Waals surface area contributed by atoms with Crippen LogP contribution in [0.15, 0.2) is 0 Å². The lowest BCUT2D eigenvalue weighted by molar-refractivity contribution is -0.111. The van der Waals surface area contributed by atoms with Gasteiger partial charge >= 0.3 is 10.4 Å². The summed E-state index contributed by atoms with van der Waals surface area (Å²) in [5, 5.41) is 0. The van der Waals surface area contributed by atoms with Gasteiger partial charge in [-0.2, -0.15) is 8.42 Å². The van der Waals surface area contributed by atoms with E-state index >= 15 is 0 Å². The zero-order valence-electron chi connectivity index (χ0n) is 22.0. The van der Waals surface area contributed by atoms with Crippen molar-refractivity contribution in [3.63, 3.8) is 0 Å². The topological polar surface area (TPSA) is 63.6 Å². The van der Waals surface area contributed by atoms with Gasteiger partial charge in [-0.3, -0.25) is 4.55 Å². The van der Waals surface area contributed by atoms with E-state index in [-0.39, 0.29) is 0 Å². The van der Waals surface area contributed by atoms with Crippen molar-refractivity contribution in [2.75, 3.05) is 0 Å². The average Bonchev–Trinajstić information content (AvgIpc) is 3.10. The van der Waals surface area contributed by atoms with Crippen molar-refractivity contribution in [3.05, 3.63) is 0 Å². The zero-order chi connectivity index (χ0) is 24.2. The van der Waals surface area contributed by atoms with Crippen molar-refractivity contribution in [1.82, 2.24) is 0 Å². The smallest absolute Gasteiger partial charge is 0.264 e. The molecule has 1 N–H and O–H groups in total. The highest BCUT2D eigenvalue weighted by atomic mass is 32.3. The molecule has 8 unspecified atom stereocenters. The lowest BCUT2D eigenvalue weighted by Gasteiger charge is -2.60. The SMILES string of the molecule is CC.CC.CC(CCC1CCC2C3CCC4CCCCC4(C)C3CCC12C)OS(=O)(=O)O. The molecule has 32 heavy (non-hydrogen) atoms. The second-order valence-corrected chi connectivity index (χ2v) is 12.2. The average molecular weight is 473 g/mol. The summed E-state index contributed by atoms with van der Waals surface area (Å²) < 4.78 is 35.6. The van der Waals surface area contributed by atoms with Gasteiger partial charge in [-0.25, -0.2) is 4.18 Å². The van der Waals surface area contributed by atoms with Gasteiger partial charge in [0.2, 0.25) is 0 Å². The summed E-state index contributed by atoms with van der Waals surface area (Å²) in [6.45, 7) is 14.9. The Kier molecular flexibility index (Phi) is 10.1. The third-order valence-electron chi connectivity index (χ3n) is 9.99. The summed E-state index contributed by atoms with van der Waals surface area (Å²) in [5.74, 6) is 4.35. The molecule has 4 rings (SSSR count). The molecule has 0 spiro atoms. The Hall–Kier alpha value is -0.130. The molecule has 0 aromatic rings. The van der Waals surface area contributed by atoms with Gasteiger partial charge in [0.1, 0.15) is 0 Å². The van der Waals surface area contributed by atoms with Crippen LogP contribution in [0.25, 0.3) is 0 Å². The van der Waals surface area contributed by atoms with Crippen LogP contribution in [-0.2, 0) is 14.6 Å². The predicted molar refractivity (Wildman–Crippen MR) is 134 cm³/mol. The fraction of sp³-hybridized carbons (Fsp3) is 1.00. The molecule has 0 aliphatic heterocycles. The molecule has 5 heteroatoms. The molecular weight excluding hydrogens is 420 g/mol.